The van der Waals surface area contributed by atoms with Gasteiger partial charge in [0.25, 0.3) is 11.1 Å². The lowest BCUT2D eigenvalue weighted by Crippen LogP contribution is -2.52. The van der Waals surface area contributed by atoms with Crippen LogP contribution in [0.15, 0.2) is 41.3 Å². The largest absolute Gasteiger partial charge is 0.467 e. The first-order valence-electron chi connectivity index (χ1n) is 15.2. The summed E-state index contributed by atoms with van der Waals surface area (Å²) in [5, 5.41) is 5.45. The first-order valence-corrected chi connectivity index (χ1v) is 16.4. The van der Waals surface area contributed by atoms with Gasteiger partial charge in [0.05, 0.1) is 17.6 Å². The zero-order valence-electron chi connectivity index (χ0n) is 27.2. The number of nitrogens with one attached hydrogen (secondary N) is 2. The van der Waals surface area contributed by atoms with E-state index < -0.39 is 52.5 Å². The number of alkyl halides is 3. The van der Waals surface area contributed by atoms with Crippen molar-refractivity contribution in [1.82, 2.24) is 15.1 Å². The summed E-state index contributed by atoms with van der Waals surface area (Å²) in [4.78, 5) is 54.9. The molecule has 2 aromatic rings. The molecule has 3 amide bonds. The van der Waals surface area contributed by atoms with E-state index in [1.807, 2.05) is 0 Å². The van der Waals surface area contributed by atoms with Crippen molar-refractivity contribution in [3.8, 4) is 0 Å². The minimum atomic E-state index is -4.58. The van der Waals surface area contributed by atoms with Crippen LogP contribution in [0.3, 0.4) is 0 Å². The van der Waals surface area contributed by atoms with Gasteiger partial charge in [-0.15, -0.1) is 0 Å². The van der Waals surface area contributed by atoms with E-state index in [1.165, 1.54) is 30.2 Å². The molecule has 2 aliphatic rings. The second-order valence-corrected chi connectivity index (χ2v) is 13.9. The van der Waals surface area contributed by atoms with Crippen LogP contribution in [0.25, 0.3) is 6.08 Å². The molecule has 48 heavy (non-hydrogen) atoms. The summed E-state index contributed by atoms with van der Waals surface area (Å²) in [5.41, 5.74) is 0.372. The standard InChI is InChI=1S/C33H38ClF3N4O6S/c1-32(2,3)47-30(44)40-12-10-20(11-13-40)27(29(43)46-5)41-28(42)26(48-31(41)45)15-19-6-9-25(22(14-19)17-38-4)39-18-21-7-8-23(34)16-24(21)33(35,36)37/h6-9,14-16,20,27,38-39H,10-13,17-18H2,1-5H3/b26-15-. The molecule has 15 heteroatoms. The SMILES string of the molecule is CNCc1cc(/C=C2\SC(=O)N(C(C(=O)OC)C3CCN(C(=O)OC(C)(C)C)CC3)C2=O)ccc1NCc1ccc(Cl)cc1C(F)(F)F. The predicted molar refractivity (Wildman–Crippen MR) is 177 cm³/mol. The van der Waals surface area contributed by atoms with Crippen molar-refractivity contribution in [2.24, 2.45) is 5.92 Å². The summed E-state index contributed by atoms with van der Waals surface area (Å²) >= 11 is 6.51. The van der Waals surface area contributed by atoms with Gasteiger partial charge in [0, 0.05) is 36.9 Å². The van der Waals surface area contributed by atoms with Crippen LogP contribution in [-0.2, 0) is 38.3 Å². The third-order valence-electron chi connectivity index (χ3n) is 7.82. The van der Waals surface area contributed by atoms with Gasteiger partial charge in [-0.25, -0.2) is 9.59 Å². The van der Waals surface area contributed by atoms with E-state index in [0.29, 0.717) is 48.0 Å². The van der Waals surface area contributed by atoms with Gasteiger partial charge < -0.3 is 25.0 Å². The van der Waals surface area contributed by atoms with Gasteiger partial charge in [-0.05, 0) is 105 Å². The van der Waals surface area contributed by atoms with E-state index in [9.17, 15) is 32.3 Å². The summed E-state index contributed by atoms with van der Waals surface area (Å²) in [7, 11) is 2.91. The summed E-state index contributed by atoms with van der Waals surface area (Å²) in [6, 6.07) is 7.55. The minimum absolute atomic E-state index is 0.0165. The summed E-state index contributed by atoms with van der Waals surface area (Å²) in [6.45, 7) is 6.10. The van der Waals surface area contributed by atoms with E-state index in [1.54, 1.807) is 46.0 Å². The number of rotatable bonds is 9. The molecule has 2 fully saturated rings. The van der Waals surface area contributed by atoms with E-state index in [0.717, 1.165) is 11.0 Å². The topological polar surface area (TPSA) is 117 Å². The van der Waals surface area contributed by atoms with Crippen molar-refractivity contribution in [2.45, 2.75) is 64.5 Å². The molecule has 0 aromatic heterocycles. The number of carbonyl (C=O) groups excluding carboxylic acids is 4. The molecular weight excluding hydrogens is 673 g/mol. The number of benzene rings is 2. The van der Waals surface area contributed by atoms with E-state index in [2.05, 4.69) is 10.6 Å². The predicted octanol–water partition coefficient (Wildman–Crippen LogP) is 6.92. The van der Waals surface area contributed by atoms with E-state index >= 15 is 0 Å². The van der Waals surface area contributed by atoms with Crippen LogP contribution in [0, 0.1) is 5.92 Å². The van der Waals surface area contributed by atoms with Crippen LogP contribution >= 0.6 is 23.4 Å². The zero-order valence-corrected chi connectivity index (χ0v) is 28.8. The summed E-state index contributed by atoms with van der Waals surface area (Å²) in [6.07, 6.45) is -2.81. The Labute approximate surface area is 286 Å². The number of halogens is 4. The second kappa shape index (κ2) is 15.2. The van der Waals surface area contributed by atoms with Gasteiger partial charge in [-0.2, -0.15) is 13.2 Å². The van der Waals surface area contributed by atoms with Crippen molar-refractivity contribution in [2.75, 3.05) is 32.6 Å². The lowest BCUT2D eigenvalue weighted by Gasteiger charge is -2.37. The fraction of sp³-hybridized carbons (Fsp3) is 0.455. The van der Waals surface area contributed by atoms with E-state index in [-0.39, 0.29) is 35.1 Å². The van der Waals surface area contributed by atoms with Gasteiger partial charge in [0.15, 0.2) is 0 Å². The second-order valence-electron chi connectivity index (χ2n) is 12.4. The molecule has 0 bridgehead atoms. The number of ether oxygens (including phenoxy) is 2. The minimum Gasteiger partial charge on any atom is -0.467 e. The number of thioether (sulfide) groups is 1. The Hall–Kier alpha value is -3.75. The van der Waals surface area contributed by atoms with Crippen molar-refractivity contribution in [3.05, 3.63) is 68.6 Å². The normalized spacial score (nSPS) is 17.6. The molecule has 260 valence electrons. The Kier molecular flexibility index (Phi) is 11.7. The summed E-state index contributed by atoms with van der Waals surface area (Å²) < 4.78 is 51.2. The summed E-state index contributed by atoms with van der Waals surface area (Å²) in [5.74, 6) is -1.81. The Balaban J connectivity index is 1.52. The average molecular weight is 711 g/mol. The smallest absolute Gasteiger partial charge is 0.416 e. The van der Waals surface area contributed by atoms with Crippen LogP contribution in [0.1, 0.15) is 55.9 Å². The lowest BCUT2D eigenvalue weighted by molar-refractivity contribution is -0.151. The van der Waals surface area contributed by atoms with Crippen LogP contribution in [0.5, 0.6) is 0 Å². The third kappa shape index (κ3) is 9.03. The molecule has 4 rings (SSSR count). The molecule has 10 nitrogen and oxygen atoms in total. The number of amides is 3. The molecule has 0 radical (unpaired) electrons. The molecule has 2 saturated heterocycles. The van der Waals surface area contributed by atoms with Crippen LogP contribution in [0.2, 0.25) is 5.02 Å². The fourth-order valence-corrected chi connectivity index (χ4v) is 6.63. The number of hydrogen-bond acceptors (Lipinski definition) is 9. The number of carbonyl (C=O) groups is 4. The number of esters is 1. The van der Waals surface area contributed by atoms with Gasteiger partial charge in [0.2, 0.25) is 0 Å². The maximum Gasteiger partial charge on any atom is 0.416 e. The van der Waals surface area contributed by atoms with Gasteiger partial charge in [-0.3, -0.25) is 14.5 Å². The van der Waals surface area contributed by atoms with Gasteiger partial charge in [-0.1, -0.05) is 23.7 Å². The molecule has 1 unspecified atom stereocenters. The first-order chi connectivity index (χ1) is 22.5. The van der Waals surface area contributed by atoms with Crippen LogP contribution in [0.4, 0.5) is 28.4 Å². The first kappa shape index (κ1) is 37.1. The Bertz CT molecular complexity index is 1590. The number of anilines is 1. The monoisotopic (exact) mass is 710 g/mol. The Morgan fingerprint density at radius 2 is 1.75 bits per heavy atom. The number of methoxy groups -OCH3 is 1. The highest BCUT2D eigenvalue weighted by Crippen LogP contribution is 2.38. The van der Waals surface area contributed by atoms with Crippen LogP contribution in [-0.4, -0.2) is 71.9 Å². The van der Waals surface area contributed by atoms with Gasteiger partial charge >= 0.3 is 18.2 Å². The average Bonchev–Trinajstić information content (AvgIpc) is 3.28. The number of likely N-dealkylation sites (tertiary alicyclic amines) is 1. The van der Waals surface area contributed by atoms with Crippen molar-refractivity contribution < 1.29 is 41.8 Å². The Morgan fingerprint density at radius 3 is 2.35 bits per heavy atom. The van der Waals surface area contributed by atoms with Crippen molar-refractivity contribution in [1.29, 1.82) is 0 Å². The lowest BCUT2D eigenvalue weighted by atomic mass is 9.88. The van der Waals surface area contributed by atoms with Crippen LogP contribution < -0.4 is 10.6 Å². The number of piperidine rings is 1. The molecule has 1 atom stereocenters. The maximum absolute atomic E-state index is 13.6. The maximum atomic E-state index is 13.6. The quantitative estimate of drug-likeness (QED) is 0.211. The zero-order chi connectivity index (χ0) is 35.4. The van der Waals surface area contributed by atoms with Gasteiger partial charge in [0.1, 0.15) is 11.6 Å². The highest BCUT2D eigenvalue weighted by Gasteiger charge is 2.47. The Morgan fingerprint density at radius 1 is 1.06 bits per heavy atom. The molecular formula is C33H38ClF3N4O6S. The highest BCUT2D eigenvalue weighted by atomic mass is 35.5. The fourth-order valence-electron chi connectivity index (χ4n) is 5.59. The number of nitrogens with zero attached hydrogens (tertiary/aromatic N) is 2. The molecule has 2 heterocycles. The molecule has 0 spiro atoms. The third-order valence-corrected chi connectivity index (χ3v) is 8.94. The molecule has 0 saturated carbocycles. The molecule has 2 N–H and O–H groups in total. The highest BCUT2D eigenvalue weighted by molar-refractivity contribution is 8.18. The number of hydrogen-bond donors (Lipinski definition) is 2. The molecule has 0 aliphatic carbocycles. The van der Waals surface area contributed by atoms with Crippen molar-refractivity contribution >= 4 is 58.3 Å². The van der Waals surface area contributed by atoms with Crippen molar-refractivity contribution in [3.63, 3.8) is 0 Å². The van der Waals surface area contributed by atoms with E-state index in [4.69, 9.17) is 21.1 Å². The molecule has 2 aliphatic heterocycles. The number of imide groups is 1. The molecule has 2 aromatic carbocycles.